The molecule has 0 saturated carbocycles. The van der Waals surface area contributed by atoms with Gasteiger partial charge in [0.05, 0.1) is 0 Å². The summed E-state index contributed by atoms with van der Waals surface area (Å²) in [4.78, 5) is 25.7. The number of carbonyl (C=O) groups excluding carboxylic acids is 1. The lowest BCUT2D eigenvalue weighted by atomic mass is 10.1. The van der Waals surface area contributed by atoms with Crippen LogP contribution in [0.1, 0.15) is 19.8 Å². The summed E-state index contributed by atoms with van der Waals surface area (Å²) in [5.41, 5.74) is 2.02. The Morgan fingerprint density at radius 2 is 2.31 bits per heavy atom. The fourth-order valence-corrected chi connectivity index (χ4v) is 2.69. The molecule has 3 N–H and O–H groups in total. The second-order valence-electron chi connectivity index (χ2n) is 3.87. The molecule has 1 fully saturated rings. The first-order valence-corrected chi connectivity index (χ1v) is 6.02. The second-order valence-corrected chi connectivity index (χ2v) is 5.55. The number of nitrogens with one attached hydrogen (secondary N) is 2. The van der Waals surface area contributed by atoms with Crippen LogP contribution in [0.2, 0.25) is 0 Å². The minimum absolute atomic E-state index is 0.0874. The summed E-state index contributed by atoms with van der Waals surface area (Å²) < 4.78 is 0.0874. The quantitative estimate of drug-likeness (QED) is 0.620. The van der Waals surface area contributed by atoms with E-state index < -0.39 is 18.6 Å². The van der Waals surface area contributed by atoms with Gasteiger partial charge in [-0.05, 0) is 25.5 Å². The van der Waals surface area contributed by atoms with E-state index in [0.717, 1.165) is 12.2 Å². The van der Waals surface area contributed by atoms with Gasteiger partial charge >= 0.3 is 12.0 Å². The van der Waals surface area contributed by atoms with E-state index in [0.29, 0.717) is 6.54 Å². The Kier molecular flexibility index (Phi) is 4.88. The van der Waals surface area contributed by atoms with E-state index in [1.807, 2.05) is 17.2 Å². The van der Waals surface area contributed by atoms with Gasteiger partial charge < -0.3 is 10.4 Å². The monoisotopic (exact) mass is 248 g/mol. The van der Waals surface area contributed by atoms with Crippen LogP contribution in [0.3, 0.4) is 0 Å². The average molecular weight is 248 g/mol. The maximum absolute atomic E-state index is 11.2. The third-order valence-corrected chi connectivity index (χ3v) is 3.82. The number of thioether (sulfide) groups is 1. The zero-order valence-corrected chi connectivity index (χ0v) is 9.93. The van der Waals surface area contributed by atoms with Crippen LogP contribution in [0.15, 0.2) is 0 Å². The molecule has 16 heavy (non-hydrogen) atoms. The Morgan fingerprint density at radius 3 is 2.88 bits per heavy atom. The molecule has 0 radical (unpaired) electrons. The Bertz CT molecular complexity index is 266. The van der Waals surface area contributed by atoms with Crippen molar-refractivity contribution in [3.63, 3.8) is 0 Å². The van der Waals surface area contributed by atoms with E-state index in [1.54, 1.807) is 0 Å². The largest absolute Gasteiger partial charge is 0.479 e. The number of hydrogen-bond acceptors (Lipinski definition) is 4. The SMILES string of the molecule is CC1(CNC(=O)NOCC(=O)O)CCCS1. The van der Waals surface area contributed by atoms with Crippen LogP contribution in [0.5, 0.6) is 0 Å². The molecule has 0 aromatic heterocycles. The normalized spacial score (nSPS) is 24.1. The molecule has 0 aliphatic carbocycles. The number of rotatable bonds is 5. The molecule has 1 rings (SSSR count). The van der Waals surface area contributed by atoms with Crippen LogP contribution in [-0.4, -0.2) is 40.8 Å². The predicted octanol–water partition coefficient (Wildman–Crippen LogP) is 0.587. The highest BCUT2D eigenvalue weighted by Crippen LogP contribution is 2.36. The fraction of sp³-hybridized carbons (Fsp3) is 0.778. The van der Waals surface area contributed by atoms with E-state index >= 15 is 0 Å². The van der Waals surface area contributed by atoms with Gasteiger partial charge in [0, 0.05) is 11.3 Å². The minimum Gasteiger partial charge on any atom is -0.479 e. The Hall–Kier alpha value is -0.950. The highest BCUT2D eigenvalue weighted by Gasteiger charge is 2.29. The maximum atomic E-state index is 11.2. The number of carboxylic acid groups (broad SMARTS) is 1. The second kappa shape index (κ2) is 5.95. The summed E-state index contributed by atoms with van der Waals surface area (Å²) in [7, 11) is 0. The fourth-order valence-electron chi connectivity index (χ4n) is 1.44. The molecule has 7 heteroatoms. The van der Waals surface area contributed by atoms with Gasteiger partial charge in [-0.3, -0.25) is 4.84 Å². The molecule has 1 saturated heterocycles. The summed E-state index contributed by atoms with van der Waals surface area (Å²) in [6.45, 7) is 2.11. The highest BCUT2D eigenvalue weighted by atomic mass is 32.2. The van der Waals surface area contributed by atoms with Gasteiger partial charge in [-0.15, -0.1) is 0 Å². The molecule has 92 valence electrons. The topological polar surface area (TPSA) is 87.7 Å². The number of carboxylic acids is 1. The third kappa shape index (κ3) is 4.71. The molecule has 0 aromatic carbocycles. The first-order valence-electron chi connectivity index (χ1n) is 5.03. The maximum Gasteiger partial charge on any atom is 0.338 e. The van der Waals surface area contributed by atoms with E-state index in [-0.39, 0.29) is 4.75 Å². The van der Waals surface area contributed by atoms with Gasteiger partial charge in [0.2, 0.25) is 0 Å². The molecule has 1 unspecified atom stereocenters. The van der Waals surface area contributed by atoms with Crippen molar-refractivity contribution in [2.75, 3.05) is 18.9 Å². The molecule has 1 aliphatic rings. The van der Waals surface area contributed by atoms with Crippen molar-refractivity contribution in [3.8, 4) is 0 Å². The Morgan fingerprint density at radius 1 is 1.56 bits per heavy atom. The summed E-state index contributed by atoms with van der Waals surface area (Å²) >= 11 is 1.84. The number of aliphatic carboxylic acids is 1. The van der Waals surface area contributed by atoms with Gasteiger partial charge in [0.15, 0.2) is 6.61 Å². The first kappa shape index (κ1) is 13.1. The smallest absolute Gasteiger partial charge is 0.338 e. The molecular weight excluding hydrogens is 232 g/mol. The molecule has 6 nitrogen and oxygen atoms in total. The third-order valence-electron chi connectivity index (χ3n) is 2.28. The standard InChI is InChI=1S/C9H16N2O4S/c1-9(3-2-4-16-9)6-10-8(14)11-15-5-7(12)13/h2-6H2,1H3,(H,12,13)(H2,10,11,14). The van der Waals surface area contributed by atoms with E-state index in [1.165, 1.54) is 6.42 Å². The lowest BCUT2D eigenvalue weighted by molar-refractivity contribution is -0.144. The van der Waals surface area contributed by atoms with Gasteiger partial charge in [-0.25, -0.2) is 15.1 Å². The van der Waals surface area contributed by atoms with Crippen molar-refractivity contribution in [2.24, 2.45) is 0 Å². The summed E-state index contributed by atoms with van der Waals surface area (Å²) in [5.74, 6) is -0.00594. The molecule has 1 heterocycles. The van der Waals surface area contributed by atoms with Crippen LogP contribution >= 0.6 is 11.8 Å². The van der Waals surface area contributed by atoms with Crippen LogP contribution in [0.25, 0.3) is 0 Å². The first-order chi connectivity index (χ1) is 7.52. The van der Waals surface area contributed by atoms with E-state index in [2.05, 4.69) is 17.1 Å². The average Bonchev–Trinajstić information content (AvgIpc) is 2.62. The van der Waals surface area contributed by atoms with Crippen molar-refractivity contribution < 1.29 is 19.5 Å². The van der Waals surface area contributed by atoms with Crippen LogP contribution in [-0.2, 0) is 9.63 Å². The van der Waals surface area contributed by atoms with Crippen molar-refractivity contribution in [1.82, 2.24) is 10.8 Å². The highest BCUT2D eigenvalue weighted by molar-refractivity contribution is 8.00. The Balaban J connectivity index is 2.12. The van der Waals surface area contributed by atoms with Crippen molar-refractivity contribution in [3.05, 3.63) is 0 Å². The van der Waals surface area contributed by atoms with Crippen molar-refractivity contribution >= 4 is 23.8 Å². The summed E-state index contributed by atoms with van der Waals surface area (Å²) in [6.07, 6.45) is 2.24. The molecule has 1 aliphatic heterocycles. The molecule has 2 amide bonds. The van der Waals surface area contributed by atoms with Crippen molar-refractivity contribution in [2.45, 2.75) is 24.5 Å². The summed E-state index contributed by atoms with van der Waals surface area (Å²) in [6, 6.07) is -0.505. The van der Waals surface area contributed by atoms with Gasteiger partial charge in [-0.2, -0.15) is 11.8 Å². The Labute approximate surface area is 98.1 Å². The zero-order chi connectivity index (χ0) is 12.0. The number of urea groups is 1. The number of carbonyl (C=O) groups is 2. The minimum atomic E-state index is -1.13. The molecule has 1 atom stereocenters. The predicted molar refractivity (Wildman–Crippen MR) is 60.2 cm³/mol. The number of amides is 2. The molecule has 0 spiro atoms. The van der Waals surface area contributed by atoms with Crippen LogP contribution < -0.4 is 10.8 Å². The van der Waals surface area contributed by atoms with E-state index in [9.17, 15) is 9.59 Å². The van der Waals surface area contributed by atoms with Crippen molar-refractivity contribution in [1.29, 1.82) is 0 Å². The zero-order valence-electron chi connectivity index (χ0n) is 9.12. The summed E-state index contributed by atoms with van der Waals surface area (Å²) in [5, 5.41) is 10.9. The van der Waals surface area contributed by atoms with E-state index in [4.69, 9.17) is 5.11 Å². The molecule has 0 aromatic rings. The van der Waals surface area contributed by atoms with Gasteiger partial charge in [-0.1, -0.05) is 0 Å². The molecule has 0 bridgehead atoms. The number of hydrogen-bond donors (Lipinski definition) is 3. The van der Waals surface area contributed by atoms with Gasteiger partial charge in [0.25, 0.3) is 0 Å². The lowest BCUT2D eigenvalue weighted by Gasteiger charge is -2.22. The van der Waals surface area contributed by atoms with Crippen LogP contribution in [0, 0.1) is 0 Å². The number of hydroxylamine groups is 1. The molecular formula is C9H16N2O4S. The van der Waals surface area contributed by atoms with Crippen LogP contribution in [0.4, 0.5) is 4.79 Å². The lowest BCUT2D eigenvalue weighted by Crippen LogP contribution is -2.42. The van der Waals surface area contributed by atoms with Gasteiger partial charge in [0.1, 0.15) is 0 Å².